The van der Waals surface area contributed by atoms with Crippen molar-refractivity contribution < 1.29 is 23.9 Å². The second-order valence-corrected chi connectivity index (χ2v) is 8.63. The molecule has 2 aromatic carbocycles. The van der Waals surface area contributed by atoms with Crippen molar-refractivity contribution in [3.8, 4) is 0 Å². The molecule has 0 spiro atoms. The van der Waals surface area contributed by atoms with Gasteiger partial charge in [0.15, 0.2) is 6.10 Å². The molecule has 3 rings (SSSR count). The van der Waals surface area contributed by atoms with E-state index in [-0.39, 0.29) is 5.91 Å². The fourth-order valence-corrected chi connectivity index (χ4v) is 4.69. The van der Waals surface area contributed by atoms with Gasteiger partial charge in [-0.25, -0.2) is 4.79 Å². The lowest BCUT2D eigenvalue weighted by Crippen LogP contribution is -2.45. The van der Waals surface area contributed by atoms with Crippen LogP contribution in [0.2, 0.25) is 0 Å². The van der Waals surface area contributed by atoms with Gasteiger partial charge in [-0.15, -0.1) is 11.8 Å². The van der Waals surface area contributed by atoms with Crippen LogP contribution in [-0.2, 0) is 19.1 Å². The zero-order chi connectivity index (χ0) is 22.5. The van der Waals surface area contributed by atoms with E-state index in [1.165, 1.54) is 25.8 Å². The molecule has 0 aliphatic carbocycles. The number of rotatable bonds is 6. The first-order chi connectivity index (χ1) is 14.8. The highest BCUT2D eigenvalue weighted by molar-refractivity contribution is 7.99. The lowest BCUT2D eigenvalue weighted by Gasteiger charge is -2.28. The first-order valence-corrected chi connectivity index (χ1v) is 10.8. The number of para-hydroxylation sites is 1. The summed E-state index contributed by atoms with van der Waals surface area (Å²) < 4.78 is 10.3. The lowest BCUT2D eigenvalue weighted by atomic mass is 10.0. The van der Waals surface area contributed by atoms with Gasteiger partial charge in [0.25, 0.3) is 5.91 Å². The maximum Gasteiger partial charge on any atom is 0.337 e. The highest BCUT2D eigenvalue weighted by Gasteiger charge is 2.40. The van der Waals surface area contributed by atoms with E-state index in [1.54, 1.807) is 29.2 Å². The standard InChI is InChI=1S/C23H26N2O5S/c1-15(26)30-20-21(16-9-11-17(12-10-16)23(28)29-4)31-19-8-6-5-7-18(19)25(22(20)27)14-13-24(2)3/h5-12,20-21H,13-14H2,1-4H3/t20-,21+/m1/s1. The summed E-state index contributed by atoms with van der Waals surface area (Å²) in [5.41, 5.74) is 1.99. The predicted molar refractivity (Wildman–Crippen MR) is 119 cm³/mol. The third-order valence-corrected chi connectivity index (χ3v) is 6.29. The molecule has 2 aromatic rings. The average Bonchev–Trinajstić information content (AvgIpc) is 2.86. The van der Waals surface area contributed by atoms with E-state index < -0.39 is 23.3 Å². The van der Waals surface area contributed by atoms with Crippen molar-refractivity contribution in [1.29, 1.82) is 0 Å². The highest BCUT2D eigenvalue weighted by atomic mass is 32.2. The van der Waals surface area contributed by atoms with Crippen molar-refractivity contribution in [3.05, 3.63) is 59.7 Å². The van der Waals surface area contributed by atoms with Crippen molar-refractivity contribution in [3.63, 3.8) is 0 Å². The Labute approximate surface area is 186 Å². The summed E-state index contributed by atoms with van der Waals surface area (Å²) in [4.78, 5) is 41.9. The summed E-state index contributed by atoms with van der Waals surface area (Å²) in [6, 6.07) is 14.5. The van der Waals surface area contributed by atoms with Crippen LogP contribution in [0.15, 0.2) is 53.4 Å². The molecule has 0 N–H and O–H groups in total. The van der Waals surface area contributed by atoms with Crippen molar-refractivity contribution in [1.82, 2.24) is 4.90 Å². The summed E-state index contributed by atoms with van der Waals surface area (Å²) in [5, 5.41) is -0.464. The maximum atomic E-state index is 13.6. The first-order valence-electron chi connectivity index (χ1n) is 9.89. The molecule has 0 aromatic heterocycles. The van der Waals surface area contributed by atoms with Crippen LogP contribution in [0.4, 0.5) is 5.69 Å². The van der Waals surface area contributed by atoms with Crippen LogP contribution in [0.5, 0.6) is 0 Å². The van der Waals surface area contributed by atoms with E-state index in [0.29, 0.717) is 18.7 Å². The largest absolute Gasteiger partial charge is 0.465 e. The van der Waals surface area contributed by atoms with Crippen molar-refractivity contribution in [2.75, 3.05) is 39.2 Å². The molecule has 1 aliphatic heterocycles. The number of nitrogens with zero attached hydrogens (tertiary/aromatic N) is 2. The molecule has 31 heavy (non-hydrogen) atoms. The molecular formula is C23H26N2O5S. The number of benzene rings is 2. The molecule has 1 aliphatic rings. The van der Waals surface area contributed by atoms with Crippen LogP contribution in [0.25, 0.3) is 0 Å². The number of hydrogen-bond acceptors (Lipinski definition) is 7. The number of carbonyl (C=O) groups excluding carboxylic acids is 3. The smallest absolute Gasteiger partial charge is 0.337 e. The monoisotopic (exact) mass is 442 g/mol. The number of anilines is 1. The second-order valence-electron chi connectivity index (χ2n) is 7.44. The molecule has 1 heterocycles. The van der Waals surface area contributed by atoms with Crippen molar-refractivity contribution in [2.45, 2.75) is 23.2 Å². The van der Waals surface area contributed by atoms with Gasteiger partial charge in [0.1, 0.15) is 0 Å². The summed E-state index contributed by atoms with van der Waals surface area (Å²) in [7, 11) is 5.21. The molecule has 164 valence electrons. The number of likely N-dealkylation sites (N-methyl/N-ethyl adjacent to an activating group) is 1. The summed E-state index contributed by atoms with van der Waals surface area (Å²) >= 11 is 1.47. The molecule has 2 atom stereocenters. The van der Waals surface area contributed by atoms with E-state index >= 15 is 0 Å². The van der Waals surface area contributed by atoms with Gasteiger partial charge in [-0.05, 0) is 43.9 Å². The van der Waals surface area contributed by atoms with Gasteiger partial charge in [0.05, 0.1) is 23.6 Å². The fourth-order valence-electron chi connectivity index (χ4n) is 3.37. The van der Waals surface area contributed by atoms with Crippen LogP contribution in [0, 0.1) is 0 Å². The number of hydrogen-bond donors (Lipinski definition) is 0. The normalized spacial score (nSPS) is 18.4. The minimum atomic E-state index is -0.999. The van der Waals surface area contributed by atoms with Gasteiger partial charge in [-0.1, -0.05) is 24.3 Å². The van der Waals surface area contributed by atoms with Crippen molar-refractivity contribution >= 4 is 35.3 Å². The van der Waals surface area contributed by atoms with Crippen LogP contribution in [0.3, 0.4) is 0 Å². The van der Waals surface area contributed by atoms with Gasteiger partial charge in [-0.3, -0.25) is 9.59 Å². The van der Waals surface area contributed by atoms with Gasteiger partial charge in [0, 0.05) is 24.9 Å². The van der Waals surface area contributed by atoms with Gasteiger partial charge >= 0.3 is 11.9 Å². The number of carbonyl (C=O) groups is 3. The minimum Gasteiger partial charge on any atom is -0.465 e. The lowest BCUT2D eigenvalue weighted by molar-refractivity contribution is -0.152. The van der Waals surface area contributed by atoms with Gasteiger partial charge in [0.2, 0.25) is 0 Å². The number of ether oxygens (including phenoxy) is 2. The summed E-state index contributed by atoms with van der Waals surface area (Å²) in [5.74, 6) is -1.22. The minimum absolute atomic E-state index is 0.267. The Morgan fingerprint density at radius 2 is 1.77 bits per heavy atom. The molecule has 0 radical (unpaired) electrons. The first kappa shape index (κ1) is 22.8. The molecule has 8 heteroatoms. The number of esters is 2. The maximum absolute atomic E-state index is 13.6. The highest BCUT2D eigenvalue weighted by Crippen LogP contribution is 2.46. The van der Waals surface area contributed by atoms with Crippen LogP contribution >= 0.6 is 11.8 Å². The number of methoxy groups -OCH3 is 1. The zero-order valence-corrected chi connectivity index (χ0v) is 18.8. The van der Waals surface area contributed by atoms with E-state index in [4.69, 9.17) is 9.47 Å². The fraction of sp³-hybridized carbons (Fsp3) is 0.348. The quantitative estimate of drug-likeness (QED) is 0.636. The molecular weight excluding hydrogens is 416 g/mol. The molecule has 0 saturated carbocycles. The Bertz CT molecular complexity index is 961. The van der Waals surface area contributed by atoms with E-state index in [2.05, 4.69) is 0 Å². The topological polar surface area (TPSA) is 76.2 Å². The molecule has 0 saturated heterocycles. The number of amides is 1. The molecule has 0 fully saturated rings. The molecule has 7 nitrogen and oxygen atoms in total. The molecule has 0 bridgehead atoms. The van der Waals surface area contributed by atoms with Crippen LogP contribution in [0.1, 0.15) is 28.1 Å². The van der Waals surface area contributed by atoms with Gasteiger partial charge in [-0.2, -0.15) is 0 Å². The molecule has 0 unspecified atom stereocenters. The van der Waals surface area contributed by atoms with Crippen molar-refractivity contribution in [2.24, 2.45) is 0 Å². The number of fused-ring (bicyclic) bond motifs is 1. The third kappa shape index (κ3) is 5.26. The summed E-state index contributed by atoms with van der Waals surface area (Å²) in [6.07, 6.45) is -0.999. The van der Waals surface area contributed by atoms with Gasteiger partial charge < -0.3 is 19.3 Å². The average molecular weight is 443 g/mol. The third-order valence-electron chi connectivity index (χ3n) is 4.92. The zero-order valence-electron chi connectivity index (χ0n) is 18.0. The Morgan fingerprint density at radius 1 is 1.10 bits per heavy atom. The SMILES string of the molecule is COC(=O)c1ccc([C@@H]2Sc3ccccc3N(CCN(C)C)C(=O)[C@@H]2OC(C)=O)cc1. The van der Waals surface area contributed by atoms with E-state index in [1.807, 2.05) is 43.3 Å². The number of thioether (sulfide) groups is 1. The van der Waals surface area contributed by atoms with E-state index in [9.17, 15) is 14.4 Å². The predicted octanol–water partition coefficient (Wildman–Crippen LogP) is 3.15. The Hall–Kier alpha value is -2.84. The Kier molecular flexibility index (Phi) is 7.35. The Morgan fingerprint density at radius 3 is 2.39 bits per heavy atom. The summed E-state index contributed by atoms with van der Waals surface area (Å²) in [6.45, 7) is 2.43. The van der Waals surface area contributed by atoms with E-state index in [0.717, 1.165) is 16.1 Å². The van der Waals surface area contributed by atoms with Crippen LogP contribution < -0.4 is 4.90 Å². The van der Waals surface area contributed by atoms with Crippen LogP contribution in [-0.4, -0.2) is 63.1 Å². The molecule has 1 amide bonds. The second kappa shape index (κ2) is 9.98. The Balaban J connectivity index is 2.05.